The smallest absolute Gasteiger partial charge is 0.225 e. The van der Waals surface area contributed by atoms with Crippen LogP contribution in [0.15, 0.2) is 24.5 Å². The molecule has 4 rings (SSSR count). The van der Waals surface area contributed by atoms with Gasteiger partial charge in [-0.3, -0.25) is 14.9 Å². The number of rotatable bonds is 5. The highest BCUT2D eigenvalue weighted by Gasteiger charge is 2.53. The Morgan fingerprint density at radius 2 is 2.04 bits per heavy atom. The molecule has 1 aliphatic heterocycles. The number of nitrogens with zero attached hydrogens (tertiary/aromatic N) is 4. The number of nitrogens with one attached hydrogen (secondary N) is 1. The third kappa shape index (κ3) is 2.81. The van der Waals surface area contributed by atoms with E-state index in [0.717, 1.165) is 37.3 Å². The Morgan fingerprint density at radius 3 is 2.65 bits per heavy atom. The fourth-order valence-corrected chi connectivity index (χ4v) is 4.61. The van der Waals surface area contributed by atoms with Crippen molar-refractivity contribution in [1.29, 1.82) is 0 Å². The SMILES string of the molecule is CCC(CC)C(=O)N1CC(c2nc(-c3ccncc3)n[nH]2)C2(CCC2)C1. The molecule has 1 amide bonds. The second-order valence-corrected chi connectivity index (χ2v) is 7.78. The van der Waals surface area contributed by atoms with E-state index in [9.17, 15) is 4.79 Å². The highest BCUT2D eigenvalue weighted by molar-refractivity contribution is 5.79. The van der Waals surface area contributed by atoms with Gasteiger partial charge in [-0.15, -0.1) is 0 Å². The molecular formula is C20H27N5O. The van der Waals surface area contributed by atoms with Crippen LogP contribution >= 0.6 is 0 Å². The van der Waals surface area contributed by atoms with Gasteiger partial charge in [0.25, 0.3) is 0 Å². The van der Waals surface area contributed by atoms with E-state index in [-0.39, 0.29) is 17.3 Å². The number of aromatic amines is 1. The summed E-state index contributed by atoms with van der Waals surface area (Å²) in [6.07, 6.45) is 8.94. The molecular weight excluding hydrogens is 326 g/mol. The molecule has 6 nitrogen and oxygen atoms in total. The van der Waals surface area contributed by atoms with Gasteiger partial charge >= 0.3 is 0 Å². The van der Waals surface area contributed by atoms with Gasteiger partial charge < -0.3 is 4.90 Å². The number of H-pyrrole nitrogens is 1. The minimum atomic E-state index is 0.146. The van der Waals surface area contributed by atoms with Crippen LogP contribution in [0.4, 0.5) is 0 Å². The van der Waals surface area contributed by atoms with Crippen LogP contribution in [0.25, 0.3) is 11.4 Å². The van der Waals surface area contributed by atoms with Gasteiger partial charge in [0.05, 0.1) is 0 Å². The first-order valence-electron chi connectivity index (χ1n) is 9.78. The Morgan fingerprint density at radius 1 is 1.31 bits per heavy atom. The molecule has 1 aliphatic carbocycles. The van der Waals surface area contributed by atoms with Crippen LogP contribution in [0, 0.1) is 11.3 Å². The number of carbonyl (C=O) groups excluding carboxylic acids is 1. The molecule has 0 aromatic carbocycles. The summed E-state index contributed by atoms with van der Waals surface area (Å²) in [5, 5.41) is 7.59. The molecule has 2 aliphatic rings. The molecule has 138 valence electrons. The number of amides is 1. The minimum Gasteiger partial charge on any atom is -0.341 e. The van der Waals surface area contributed by atoms with Gasteiger partial charge in [-0.05, 0) is 43.2 Å². The molecule has 2 aromatic heterocycles. The Bertz CT molecular complexity index is 764. The number of carbonyl (C=O) groups is 1. The van der Waals surface area contributed by atoms with Crippen LogP contribution in [-0.2, 0) is 4.79 Å². The third-order valence-electron chi connectivity index (χ3n) is 6.42. The van der Waals surface area contributed by atoms with E-state index in [1.807, 2.05) is 12.1 Å². The van der Waals surface area contributed by atoms with Crippen molar-refractivity contribution in [2.75, 3.05) is 13.1 Å². The summed E-state index contributed by atoms with van der Waals surface area (Å²) < 4.78 is 0. The number of likely N-dealkylation sites (tertiary alicyclic amines) is 1. The quantitative estimate of drug-likeness (QED) is 0.894. The molecule has 1 atom stereocenters. The predicted octanol–water partition coefficient (Wildman–Crippen LogP) is 3.40. The molecule has 2 aromatic rings. The van der Waals surface area contributed by atoms with Crippen molar-refractivity contribution in [3.05, 3.63) is 30.4 Å². The van der Waals surface area contributed by atoms with Crippen molar-refractivity contribution in [1.82, 2.24) is 25.1 Å². The van der Waals surface area contributed by atoms with Crippen molar-refractivity contribution >= 4 is 5.91 Å². The zero-order chi connectivity index (χ0) is 18.1. The normalized spacial score (nSPS) is 21.3. The summed E-state index contributed by atoms with van der Waals surface area (Å²) in [6, 6.07) is 3.84. The summed E-state index contributed by atoms with van der Waals surface area (Å²) in [7, 11) is 0. The van der Waals surface area contributed by atoms with Crippen molar-refractivity contribution < 1.29 is 4.79 Å². The molecule has 0 bridgehead atoms. The maximum absolute atomic E-state index is 12.9. The number of pyridine rings is 1. The molecule has 1 saturated heterocycles. The Balaban J connectivity index is 1.58. The number of aromatic nitrogens is 4. The second kappa shape index (κ2) is 6.82. The minimum absolute atomic E-state index is 0.146. The van der Waals surface area contributed by atoms with Crippen molar-refractivity contribution in [2.24, 2.45) is 11.3 Å². The molecule has 1 spiro atoms. The van der Waals surface area contributed by atoms with Crippen LogP contribution in [0.1, 0.15) is 57.7 Å². The summed E-state index contributed by atoms with van der Waals surface area (Å²) in [5.74, 6) is 2.36. The highest BCUT2D eigenvalue weighted by atomic mass is 16.2. The lowest BCUT2D eigenvalue weighted by molar-refractivity contribution is -0.135. The second-order valence-electron chi connectivity index (χ2n) is 7.78. The summed E-state index contributed by atoms with van der Waals surface area (Å²) in [6.45, 7) is 5.85. The topological polar surface area (TPSA) is 74.8 Å². The van der Waals surface area contributed by atoms with Gasteiger partial charge in [0.15, 0.2) is 5.82 Å². The zero-order valence-electron chi connectivity index (χ0n) is 15.6. The van der Waals surface area contributed by atoms with E-state index < -0.39 is 0 Å². The van der Waals surface area contributed by atoms with Crippen molar-refractivity contribution in [3.63, 3.8) is 0 Å². The van der Waals surface area contributed by atoms with E-state index in [0.29, 0.717) is 11.7 Å². The molecule has 0 radical (unpaired) electrons. The van der Waals surface area contributed by atoms with Crippen LogP contribution in [0.2, 0.25) is 0 Å². The lowest BCUT2D eigenvalue weighted by Gasteiger charge is -2.41. The Kier molecular flexibility index (Phi) is 4.51. The van der Waals surface area contributed by atoms with Crippen molar-refractivity contribution in [3.8, 4) is 11.4 Å². The first-order chi connectivity index (χ1) is 12.7. The Labute approximate surface area is 154 Å². The van der Waals surface area contributed by atoms with Gasteiger partial charge in [0.1, 0.15) is 5.82 Å². The van der Waals surface area contributed by atoms with Gasteiger partial charge in [-0.1, -0.05) is 20.3 Å². The van der Waals surface area contributed by atoms with Gasteiger partial charge in [0.2, 0.25) is 5.91 Å². The maximum Gasteiger partial charge on any atom is 0.225 e. The van der Waals surface area contributed by atoms with Gasteiger partial charge in [-0.2, -0.15) is 5.10 Å². The standard InChI is InChI=1S/C20H27N5O/c1-3-14(4-2)19(26)25-12-16(20(13-25)8-5-9-20)18-22-17(23-24-18)15-6-10-21-11-7-15/h6-7,10-11,14,16H,3-5,8-9,12-13H2,1-2H3,(H,22,23,24). The number of hydrogen-bond acceptors (Lipinski definition) is 4. The van der Waals surface area contributed by atoms with Crippen LogP contribution in [0.5, 0.6) is 0 Å². The van der Waals surface area contributed by atoms with Crippen LogP contribution in [0.3, 0.4) is 0 Å². The molecule has 26 heavy (non-hydrogen) atoms. The lowest BCUT2D eigenvalue weighted by Crippen LogP contribution is -2.39. The summed E-state index contributed by atoms with van der Waals surface area (Å²) in [5.41, 5.74) is 1.16. The fraction of sp³-hybridized carbons (Fsp3) is 0.600. The monoisotopic (exact) mass is 353 g/mol. The van der Waals surface area contributed by atoms with E-state index in [2.05, 4.69) is 33.9 Å². The molecule has 2 fully saturated rings. The molecule has 1 N–H and O–H groups in total. The average molecular weight is 353 g/mol. The lowest BCUT2D eigenvalue weighted by atomic mass is 9.62. The van der Waals surface area contributed by atoms with Crippen LogP contribution in [-0.4, -0.2) is 44.1 Å². The van der Waals surface area contributed by atoms with E-state index in [1.165, 1.54) is 19.3 Å². The average Bonchev–Trinajstić information content (AvgIpc) is 3.28. The predicted molar refractivity (Wildman–Crippen MR) is 99.3 cm³/mol. The molecule has 1 unspecified atom stereocenters. The molecule has 3 heterocycles. The first kappa shape index (κ1) is 17.2. The Hall–Kier alpha value is -2.24. The number of hydrogen-bond donors (Lipinski definition) is 1. The van der Waals surface area contributed by atoms with Crippen LogP contribution < -0.4 is 0 Å². The maximum atomic E-state index is 12.9. The van der Waals surface area contributed by atoms with Crippen molar-refractivity contribution in [2.45, 2.75) is 51.9 Å². The van der Waals surface area contributed by atoms with E-state index in [4.69, 9.17) is 4.98 Å². The molecule has 6 heteroatoms. The first-order valence-corrected chi connectivity index (χ1v) is 9.78. The molecule has 1 saturated carbocycles. The van der Waals surface area contributed by atoms with Gasteiger partial charge in [-0.25, -0.2) is 4.98 Å². The van der Waals surface area contributed by atoms with Gasteiger partial charge in [0, 0.05) is 42.9 Å². The van der Waals surface area contributed by atoms with E-state index >= 15 is 0 Å². The zero-order valence-corrected chi connectivity index (χ0v) is 15.6. The summed E-state index contributed by atoms with van der Waals surface area (Å²) in [4.78, 5) is 23.8. The highest BCUT2D eigenvalue weighted by Crippen LogP contribution is 2.55. The fourth-order valence-electron chi connectivity index (χ4n) is 4.61. The largest absolute Gasteiger partial charge is 0.341 e. The van der Waals surface area contributed by atoms with E-state index in [1.54, 1.807) is 12.4 Å². The summed E-state index contributed by atoms with van der Waals surface area (Å²) >= 11 is 0. The third-order valence-corrected chi connectivity index (χ3v) is 6.42.